The highest BCUT2D eigenvalue weighted by Crippen LogP contribution is 2.32. The van der Waals surface area contributed by atoms with E-state index in [1.807, 2.05) is 24.3 Å². The minimum absolute atomic E-state index is 0.0210. The Morgan fingerprint density at radius 1 is 1.14 bits per heavy atom. The van der Waals surface area contributed by atoms with Crippen molar-refractivity contribution in [3.8, 4) is 0 Å². The average molecular weight is 488 g/mol. The Kier molecular flexibility index (Phi) is 10.5. The molecule has 0 unspecified atom stereocenters. The number of halogens is 3. The first kappa shape index (κ1) is 27.7. The number of hydrogen-bond acceptors (Lipinski definition) is 5. The number of aliphatic imine (C=N–C) groups is 1. The Morgan fingerprint density at radius 2 is 1.83 bits per heavy atom. The fraction of sp³-hybridized carbons (Fsp3) is 0.308. The number of benzene rings is 2. The predicted octanol–water partition coefficient (Wildman–Crippen LogP) is 4.71. The van der Waals surface area contributed by atoms with E-state index in [0.717, 1.165) is 30.3 Å². The number of aldehydes is 1. The monoisotopic (exact) mass is 487 g/mol. The van der Waals surface area contributed by atoms with Crippen molar-refractivity contribution in [2.75, 3.05) is 25.5 Å². The van der Waals surface area contributed by atoms with Gasteiger partial charge in [0.25, 0.3) is 0 Å². The van der Waals surface area contributed by atoms with E-state index >= 15 is 0 Å². The molecule has 0 heterocycles. The molecule has 0 fully saturated rings. The first-order valence-corrected chi connectivity index (χ1v) is 11.3. The van der Waals surface area contributed by atoms with E-state index < -0.39 is 11.7 Å². The lowest BCUT2D eigenvalue weighted by atomic mass is 10.1. The molecule has 0 aliphatic carbocycles. The summed E-state index contributed by atoms with van der Waals surface area (Å²) < 4.78 is 40.5. The van der Waals surface area contributed by atoms with Crippen molar-refractivity contribution < 1.29 is 18.0 Å². The molecule has 0 amide bonds. The summed E-state index contributed by atoms with van der Waals surface area (Å²) in [6.07, 6.45) is -2.96. The second-order valence-corrected chi connectivity index (χ2v) is 7.80. The van der Waals surface area contributed by atoms with Crippen molar-refractivity contribution in [3.05, 3.63) is 83.1 Å². The smallest absolute Gasteiger partial charge is 0.401 e. The van der Waals surface area contributed by atoms with E-state index in [-0.39, 0.29) is 36.6 Å². The summed E-state index contributed by atoms with van der Waals surface area (Å²) in [5.41, 5.74) is 8.28. The molecule has 0 radical (unpaired) electrons. The van der Waals surface area contributed by atoms with Crippen LogP contribution in [0.5, 0.6) is 0 Å². The summed E-state index contributed by atoms with van der Waals surface area (Å²) in [4.78, 5) is 15.6. The lowest BCUT2D eigenvalue weighted by molar-refractivity contribution is -0.138. The van der Waals surface area contributed by atoms with E-state index in [9.17, 15) is 18.0 Å². The van der Waals surface area contributed by atoms with Crippen molar-refractivity contribution in [3.63, 3.8) is 0 Å². The first-order valence-electron chi connectivity index (χ1n) is 11.3. The largest absolute Gasteiger partial charge is 0.416 e. The SMILES string of the molecule is C=C(NC(=NCc1ccccc1C(F)(F)F)/C(CNC)=C(\N)CC=O)c1ccccc1NCCC. The third kappa shape index (κ3) is 7.99. The van der Waals surface area contributed by atoms with Crippen LogP contribution in [0, 0.1) is 0 Å². The van der Waals surface area contributed by atoms with Crippen LogP contribution in [0.3, 0.4) is 0 Å². The second-order valence-electron chi connectivity index (χ2n) is 7.80. The molecule has 188 valence electrons. The van der Waals surface area contributed by atoms with Crippen LogP contribution in [0.1, 0.15) is 36.5 Å². The maximum Gasteiger partial charge on any atom is 0.416 e. The van der Waals surface area contributed by atoms with Gasteiger partial charge in [-0.15, -0.1) is 0 Å². The Labute approximate surface area is 204 Å². The maximum absolute atomic E-state index is 13.5. The number of allylic oxidation sites excluding steroid dienone is 1. The van der Waals surface area contributed by atoms with Gasteiger partial charge in [0.05, 0.1) is 12.1 Å². The number of carbonyl (C=O) groups excluding carboxylic acids is 1. The summed E-state index contributed by atoms with van der Waals surface area (Å²) in [6, 6.07) is 12.8. The lowest BCUT2D eigenvalue weighted by Gasteiger charge is -2.20. The second kappa shape index (κ2) is 13.3. The standard InChI is InChI=1S/C26H32F3N5O/c1-4-14-32-24-12-8-6-10-20(24)18(2)34-25(21(17-31-3)23(30)13-15-35)33-16-19-9-5-7-11-22(19)26(27,28)29/h5-12,15,31-32H,2,4,13-14,16-17,30H2,1,3H3,(H,33,34)/b23-21-. The minimum atomic E-state index is -4.51. The van der Waals surface area contributed by atoms with E-state index in [0.29, 0.717) is 17.6 Å². The number of hydrogen-bond donors (Lipinski definition) is 4. The number of nitrogens with two attached hydrogens (primary N) is 1. The Hall–Kier alpha value is -3.59. The molecule has 0 spiro atoms. The normalized spacial score (nSPS) is 12.7. The lowest BCUT2D eigenvalue weighted by Crippen LogP contribution is -2.31. The van der Waals surface area contributed by atoms with Crippen LogP contribution >= 0.6 is 0 Å². The van der Waals surface area contributed by atoms with Gasteiger partial charge in [-0.3, -0.25) is 4.99 Å². The molecule has 0 bridgehead atoms. The molecule has 9 heteroatoms. The molecule has 0 saturated carbocycles. The molecular formula is C26H32F3N5O. The molecule has 0 atom stereocenters. The van der Waals surface area contributed by atoms with Gasteiger partial charge in [-0.25, -0.2) is 0 Å². The molecule has 2 aromatic rings. The van der Waals surface area contributed by atoms with Crippen molar-refractivity contribution in [1.82, 2.24) is 10.6 Å². The maximum atomic E-state index is 13.5. The average Bonchev–Trinajstić information content (AvgIpc) is 2.83. The van der Waals surface area contributed by atoms with E-state index in [4.69, 9.17) is 5.73 Å². The highest BCUT2D eigenvalue weighted by molar-refractivity contribution is 6.04. The van der Waals surface area contributed by atoms with Crippen LogP contribution in [0.2, 0.25) is 0 Å². The van der Waals surface area contributed by atoms with Crippen molar-refractivity contribution in [1.29, 1.82) is 0 Å². The van der Waals surface area contributed by atoms with E-state index in [2.05, 4.69) is 34.4 Å². The van der Waals surface area contributed by atoms with Gasteiger partial charge in [-0.05, 0) is 31.2 Å². The third-order valence-corrected chi connectivity index (χ3v) is 5.15. The summed E-state index contributed by atoms with van der Waals surface area (Å²) in [5, 5.41) is 9.46. The summed E-state index contributed by atoms with van der Waals surface area (Å²) in [5.74, 6) is 0.242. The fourth-order valence-corrected chi connectivity index (χ4v) is 3.42. The number of amidine groups is 1. The zero-order valence-electron chi connectivity index (χ0n) is 20.0. The highest BCUT2D eigenvalue weighted by Gasteiger charge is 2.32. The van der Waals surface area contributed by atoms with Gasteiger partial charge in [0.15, 0.2) is 0 Å². The quantitative estimate of drug-likeness (QED) is 0.198. The topological polar surface area (TPSA) is 91.5 Å². The molecule has 0 aliphatic heterocycles. The van der Waals surface area contributed by atoms with Gasteiger partial charge in [0, 0.05) is 47.7 Å². The van der Waals surface area contributed by atoms with Crippen LogP contribution < -0.4 is 21.7 Å². The van der Waals surface area contributed by atoms with Crippen LogP contribution in [-0.4, -0.2) is 32.3 Å². The Bertz CT molecular complexity index is 1080. The van der Waals surface area contributed by atoms with Crippen LogP contribution in [0.4, 0.5) is 18.9 Å². The summed E-state index contributed by atoms with van der Waals surface area (Å²) >= 11 is 0. The minimum Gasteiger partial charge on any atom is -0.401 e. The van der Waals surface area contributed by atoms with E-state index in [1.165, 1.54) is 18.2 Å². The molecule has 2 aromatic carbocycles. The number of carbonyl (C=O) groups is 1. The fourth-order valence-electron chi connectivity index (χ4n) is 3.42. The number of likely N-dealkylation sites (N-methyl/N-ethyl adjacent to an activating group) is 1. The highest BCUT2D eigenvalue weighted by atomic mass is 19.4. The third-order valence-electron chi connectivity index (χ3n) is 5.15. The molecular weight excluding hydrogens is 455 g/mol. The van der Waals surface area contributed by atoms with Crippen LogP contribution in [0.15, 0.2) is 71.4 Å². The number of anilines is 1. The molecule has 0 saturated heterocycles. The molecule has 35 heavy (non-hydrogen) atoms. The van der Waals surface area contributed by atoms with Gasteiger partial charge in [0.1, 0.15) is 12.1 Å². The van der Waals surface area contributed by atoms with Crippen LogP contribution in [-0.2, 0) is 17.5 Å². The van der Waals surface area contributed by atoms with Crippen molar-refractivity contribution in [2.45, 2.75) is 32.5 Å². The first-order chi connectivity index (χ1) is 16.7. The summed E-state index contributed by atoms with van der Waals surface area (Å²) in [7, 11) is 1.70. The van der Waals surface area contributed by atoms with Crippen LogP contribution in [0.25, 0.3) is 5.70 Å². The van der Waals surface area contributed by atoms with E-state index in [1.54, 1.807) is 7.05 Å². The van der Waals surface area contributed by atoms with Crippen molar-refractivity contribution in [2.24, 2.45) is 10.7 Å². The molecule has 0 aromatic heterocycles. The Morgan fingerprint density at radius 3 is 2.49 bits per heavy atom. The van der Waals surface area contributed by atoms with Gasteiger partial charge >= 0.3 is 6.18 Å². The molecule has 0 aliphatic rings. The van der Waals surface area contributed by atoms with Gasteiger partial charge in [0.2, 0.25) is 0 Å². The Balaban J connectivity index is 2.51. The number of para-hydroxylation sites is 1. The molecule has 2 rings (SSSR count). The van der Waals surface area contributed by atoms with Crippen molar-refractivity contribution >= 4 is 23.5 Å². The summed E-state index contributed by atoms with van der Waals surface area (Å²) in [6.45, 7) is 6.94. The predicted molar refractivity (Wildman–Crippen MR) is 136 cm³/mol. The number of alkyl halides is 3. The number of rotatable bonds is 12. The van der Waals surface area contributed by atoms with Gasteiger partial charge in [-0.1, -0.05) is 49.9 Å². The zero-order valence-corrected chi connectivity index (χ0v) is 20.0. The van der Waals surface area contributed by atoms with Gasteiger partial charge < -0.3 is 26.5 Å². The van der Waals surface area contributed by atoms with Gasteiger partial charge in [-0.2, -0.15) is 13.2 Å². The molecule has 5 N–H and O–H groups in total. The zero-order chi connectivity index (χ0) is 25.8. The number of nitrogens with zero attached hydrogens (tertiary/aromatic N) is 1. The molecule has 6 nitrogen and oxygen atoms in total. The number of nitrogens with one attached hydrogen (secondary N) is 3.